The second-order valence-electron chi connectivity index (χ2n) is 3.75. The first-order chi connectivity index (χ1) is 8.86. The van der Waals surface area contributed by atoms with Gasteiger partial charge in [0.1, 0.15) is 17.4 Å². The highest BCUT2D eigenvalue weighted by Gasteiger charge is 2.04. The molecule has 0 unspecified atom stereocenters. The summed E-state index contributed by atoms with van der Waals surface area (Å²) in [5.41, 5.74) is 2.83. The van der Waals surface area contributed by atoms with E-state index < -0.39 is 0 Å². The van der Waals surface area contributed by atoms with Gasteiger partial charge in [-0.2, -0.15) is 5.26 Å². The van der Waals surface area contributed by atoms with Gasteiger partial charge in [0.25, 0.3) is 0 Å². The lowest BCUT2D eigenvalue weighted by atomic mass is 10.2. The molecule has 2 N–H and O–H groups in total. The molecular formula is C13H9N5. The van der Waals surface area contributed by atoms with Crippen LogP contribution < -0.4 is 5.32 Å². The normalized spacial score (nSPS) is 10.2. The number of fused-ring (bicyclic) bond motifs is 1. The molecule has 86 valence electrons. The number of aromatic amines is 1. The van der Waals surface area contributed by atoms with E-state index in [0.29, 0.717) is 11.4 Å². The van der Waals surface area contributed by atoms with Crippen LogP contribution in [-0.4, -0.2) is 15.0 Å². The Morgan fingerprint density at radius 1 is 1.22 bits per heavy atom. The summed E-state index contributed by atoms with van der Waals surface area (Å²) in [7, 11) is 0. The summed E-state index contributed by atoms with van der Waals surface area (Å²) in [6.45, 7) is 0. The van der Waals surface area contributed by atoms with Gasteiger partial charge >= 0.3 is 0 Å². The number of aromatic nitrogens is 3. The molecule has 0 fully saturated rings. The highest BCUT2D eigenvalue weighted by atomic mass is 15.0. The van der Waals surface area contributed by atoms with Crippen molar-refractivity contribution in [1.82, 2.24) is 15.0 Å². The van der Waals surface area contributed by atoms with E-state index in [-0.39, 0.29) is 0 Å². The van der Waals surface area contributed by atoms with Gasteiger partial charge in [-0.05, 0) is 18.2 Å². The first-order valence-electron chi connectivity index (χ1n) is 5.43. The van der Waals surface area contributed by atoms with Gasteiger partial charge < -0.3 is 10.3 Å². The van der Waals surface area contributed by atoms with E-state index in [1.165, 1.54) is 0 Å². The molecule has 0 atom stereocenters. The van der Waals surface area contributed by atoms with Crippen molar-refractivity contribution in [3.63, 3.8) is 0 Å². The number of benzene rings is 1. The number of nitrogens with one attached hydrogen (secondary N) is 2. The van der Waals surface area contributed by atoms with Crippen LogP contribution in [0.5, 0.6) is 0 Å². The van der Waals surface area contributed by atoms with E-state index in [4.69, 9.17) is 5.26 Å². The number of para-hydroxylation sites is 1. The average Bonchev–Trinajstić information content (AvgIpc) is 2.87. The fourth-order valence-corrected chi connectivity index (χ4v) is 1.72. The van der Waals surface area contributed by atoms with Crippen LogP contribution in [0, 0.1) is 11.3 Å². The van der Waals surface area contributed by atoms with E-state index in [0.717, 1.165) is 16.9 Å². The lowest BCUT2D eigenvalue weighted by Crippen LogP contribution is -1.96. The van der Waals surface area contributed by atoms with Crippen LogP contribution in [0.15, 0.2) is 42.7 Å². The molecule has 2 aromatic heterocycles. The molecule has 5 nitrogen and oxygen atoms in total. The van der Waals surface area contributed by atoms with Gasteiger partial charge in [-0.3, -0.25) is 0 Å². The molecule has 1 aromatic carbocycles. The van der Waals surface area contributed by atoms with Gasteiger partial charge in [0, 0.05) is 6.20 Å². The van der Waals surface area contributed by atoms with Gasteiger partial charge in [0.15, 0.2) is 5.65 Å². The van der Waals surface area contributed by atoms with Gasteiger partial charge in [-0.15, -0.1) is 0 Å². The zero-order chi connectivity index (χ0) is 12.4. The SMILES string of the molecule is N#Cc1ccccc1Nc1cnc2[nH]ccc2n1. The molecule has 3 aromatic rings. The standard InChI is InChI=1S/C13H9N5/c14-7-9-3-1-2-4-10(9)17-12-8-16-13-11(18-12)5-6-15-13/h1-6,8H,(H,15,16)(H,17,18). The predicted molar refractivity (Wildman–Crippen MR) is 68.3 cm³/mol. The molecule has 0 radical (unpaired) electrons. The lowest BCUT2D eigenvalue weighted by Gasteiger charge is -2.06. The second kappa shape index (κ2) is 4.18. The Labute approximate surface area is 103 Å². The number of nitrogens with zero attached hydrogens (tertiary/aromatic N) is 3. The Hall–Kier alpha value is -2.87. The largest absolute Gasteiger partial charge is 0.345 e. The van der Waals surface area contributed by atoms with Crippen LogP contribution >= 0.6 is 0 Å². The highest BCUT2D eigenvalue weighted by Crippen LogP contribution is 2.19. The summed E-state index contributed by atoms with van der Waals surface area (Å²) in [6, 6.07) is 11.3. The molecule has 0 amide bonds. The maximum Gasteiger partial charge on any atom is 0.156 e. The van der Waals surface area contributed by atoms with Crippen LogP contribution in [0.25, 0.3) is 11.2 Å². The van der Waals surface area contributed by atoms with Crippen molar-refractivity contribution < 1.29 is 0 Å². The molecule has 0 bridgehead atoms. The monoisotopic (exact) mass is 235 g/mol. The van der Waals surface area contributed by atoms with Crippen molar-refractivity contribution in [3.8, 4) is 6.07 Å². The molecule has 18 heavy (non-hydrogen) atoms. The molecule has 0 saturated carbocycles. The van der Waals surface area contributed by atoms with Crippen molar-refractivity contribution in [2.45, 2.75) is 0 Å². The molecular weight excluding hydrogens is 226 g/mol. The molecule has 0 aliphatic heterocycles. The summed E-state index contributed by atoms with van der Waals surface area (Å²) in [4.78, 5) is 11.6. The molecule has 0 aliphatic rings. The maximum atomic E-state index is 9.00. The number of nitriles is 1. The van der Waals surface area contributed by atoms with Crippen molar-refractivity contribution in [3.05, 3.63) is 48.3 Å². The lowest BCUT2D eigenvalue weighted by molar-refractivity contribution is 1.25. The summed E-state index contributed by atoms with van der Waals surface area (Å²) >= 11 is 0. The first-order valence-corrected chi connectivity index (χ1v) is 5.43. The minimum Gasteiger partial charge on any atom is -0.345 e. The Morgan fingerprint density at radius 2 is 2.11 bits per heavy atom. The Morgan fingerprint density at radius 3 is 3.00 bits per heavy atom. The third-order valence-corrected chi connectivity index (χ3v) is 2.57. The van der Waals surface area contributed by atoms with Crippen molar-refractivity contribution in [1.29, 1.82) is 5.26 Å². The fourth-order valence-electron chi connectivity index (χ4n) is 1.72. The summed E-state index contributed by atoms with van der Waals surface area (Å²) < 4.78 is 0. The Bertz CT molecular complexity index is 738. The first kappa shape index (κ1) is 10.3. The molecule has 5 heteroatoms. The van der Waals surface area contributed by atoms with E-state index in [9.17, 15) is 0 Å². The molecule has 0 aliphatic carbocycles. The van der Waals surface area contributed by atoms with Crippen LogP contribution in [-0.2, 0) is 0 Å². The molecule has 2 heterocycles. The molecule has 0 spiro atoms. The number of hydrogen-bond acceptors (Lipinski definition) is 4. The van der Waals surface area contributed by atoms with Gasteiger partial charge in [-0.1, -0.05) is 12.1 Å². The molecule has 0 saturated heterocycles. The summed E-state index contributed by atoms with van der Waals surface area (Å²) in [6.07, 6.45) is 3.42. The van der Waals surface area contributed by atoms with Gasteiger partial charge in [0.2, 0.25) is 0 Å². The van der Waals surface area contributed by atoms with E-state index in [1.807, 2.05) is 24.3 Å². The van der Waals surface area contributed by atoms with Gasteiger partial charge in [0.05, 0.1) is 17.4 Å². The van der Waals surface area contributed by atoms with Gasteiger partial charge in [-0.25, -0.2) is 9.97 Å². The van der Waals surface area contributed by atoms with Crippen LogP contribution in [0.1, 0.15) is 5.56 Å². The van der Waals surface area contributed by atoms with Crippen LogP contribution in [0.3, 0.4) is 0 Å². The number of H-pyrrole nitrogens is 1. The number of anilines is 2. The zero-order valence-corrected chi connectivity index (χ0v) is 9.38. The Balaban J connectivity index is 1.98. The predicted octanol–water partition coefficient (Wildman–Crippen LogP) is 2.57. The number of hydrogen-bond donors (Lipinski definition) is 2. The Kier molecular flexibility index (Phi) is 2.39. The van der Waals surface area contributed by atoms with E-state index in [1.54, 1.807) is 18.5 Å². The van der Waals surface area contributed by atoms with Crippen LogP contribution in [0.4, 0.5) is 11.5 Å². The van der Waals surface area contributed by atoms with E-state index in [2.05, 4.69) is 26.3 Å². The maximum absolute atomic E-state index is 9.00. The quantitative estimate of drug-likeness (QED) is 0.715. The smallest absolute Gasteiger partial charge is 0.156 e. The summed E-state index contributed by atoms with van der Waals surface area (Å²) in [5.74, 6) is 0.616. The van der Waals surface area contributed by atoms with Crippen molar-refractivity contribution >= 4 is 22.7 Å². The summed E-state index contributed by atoms with van der Waals surface area (Å²) in [5, 5.41) is 12.1. The topological polar surface area (TPSA) is 77.4 Å². The van der Waals surface area contributed by atoms with Crippen molar-refractivity contribution in [2.24, 2.45) is 0 Å². The fraction of sp³-hybridized carbons (Fsp3) is 0. The van der Waals surface area contributed by atoms with E-state index >= 15 is 0 Å². The highest BCUT2D eigenvalue weighted by molar-refractivity contribution is 5.73. The third kappa shape index (κ3) is 1.76. The van der Waals surface area contributed by atoms with Crippen LogP contribution in [0.2, 0.25) is 0 Å². The zero-order valence-electron chi connectivity index (χ0n) is 9.38. The molecule has 3 rings (SSSR count). The third-order valence-electron chi connectivity index (χ3n) is 2.57. The average molecular weight is 235 g/mol. The minimum absolute atomic E-state index is 0.577. The number of rotatable bonds is 2. The van der Waals surface area contributed by atoms with Crippen molar-refractivity contribution in [2.75, 3.05) is 5.32 Å². The second-order valence-corrected chi connectivity index (χ2v) is 3.75. The minimum atomic E-state index is 0.577.